The number of carbonyl (C=O) groups is 2. The van der Waals surface area contributed by atoms with Gasteiger partial charge in [-0.15, -0.1) is 13.2 Å². The molecule has 1 heterocycles. The maximum Gasteiger partial charge on any atom is 0.270 e. The summed E-state index contributed by atoms with van der Waals surface area (Å²) < 4.78 is 0. The molecule has 0 unspecified atom stereocenters. The van der Waals surface area contributed by atoms with E-state index in [1.54, 1.807) is 23.1 Å². The van der Waals surface area contributed by atoms with Crippen LogP contribution in [0.15, 0.2) is 37.6 Å². The minimum atomic E-state index is -0.169. The normalized spacial score (nSPS) is 9.71. The van der Waals surface area contributed by atoms with Crippen LogP contribution in [0.1, 0.15) is 27.8 Å². The van der Waals surface area contributed by atoms with Crippen molar-refractivity contribution in [1.29, 1.82) is 0 Å². The van der Waals surface area contributed by atoms with E-state index < -0.39 is 0 Å². The Morgan fingerprint density at radius 2 is 1.94 bits per heavy atom. The third kappa shape index (κ3) is 3.17. The van der Waals surface area contributed by atoms with Crippen LogP contribution in [0.2, 0.25) is 0 Å². The number of hydrogen-bond acceptors (Lipinski definition) is 2. The van der Waals surface area contributed by atoms with Gasteiger partial charge in [-0.2, -0.15) is 0 Å². The van der Waals surface area contributed by atoms with Gasteiger partial charge in [-0.1, -0.05) is 12.2 Å². The highest BCUT2D eigenvalue weighted by Gasteiger charge is 2.16. The third-order valence-corrected chi connectivity index (χ3v) is 2.31. The summed E-state index contributed by atoms with van der Waals surface area (Å²) >= 11 is 0. The Balaban J connectivity index is 2.88. The highest BCUT2D eigenvalue weighted by atomic mass is 16.2. The summed E-state index contributed by atoms with van der Waals surface area (Å²) in [6.45, 7) is 9.55. The lowest BCUT2D eigenvalue weighted by Gasteiger charge is -2.18. The zero-order valence-electron chi connectivity index (χ0n) is 9.90. The van der Waals surface area contributed by atoms with Crippen LogP contribution in [0.4, 0.5) is 0 Å². The highest BCUT2D eigenvalue weighted by Crippen LogP contribution is 2.08. The second kappa shape index (κ2) is 5.84. The molecule has 0 atom stereocenters. The number of ketones is 1. The number of hydrogen-bond donors (Lipinski definition) is 1. The largest absolute Gasteiger partial charge is 0.356 e. The quantitative estimate of drug-likeness (QED) is 0.602. The summed E-state index contributed by atoms with van der Waals surface area (Å²) in [6.07, 6.45) is 4.84. The number of nitrogens with zero attached hydrogens (tertiary/aromatic N) is 1. The van der Waals surface area contributed by atoms with Gasteiger partial charge in [0.2, 0.25) is 0 Å². The molecule has 0 aliphatic rings. The molecule has 4 heteroatoms. The first-order valence-corrected chi connectivity index (χ1v) is 5.30. The van der Waals surface area contributed by atoms with Gasteiger partial charge in [-0.25, -0.2) is 0 Å². The minimum absolute atomic E-state index is 0.0701. The van der Waals surface area contributed by atoms with Crippen LogP contribution in [-0.2, 0) is 0 Å². The predicted octanol–water partition coefficient (Wildman–Crippen LogP) is 2.03. The standard InChI is InChI=1S/C13H16N2O2/c1-4-6-15(7-5-2)13(17)12-8-11(9-14-12)10(3)16/h4-5,8-9,14H,1-2,6-7H2,3H3. The molecule has 0 spiro atoms. The highest BCUT2D eigenvalue weighted by molar-refractivity contribution is 5.99. The van der Waals surface area contributed by atoms with Crippen LogP contribution in [0, 0.1) is 0 Å². The van der Waals surface area contributed by atoms with Gasteiger partial charge < -0.3 is 9.88 Å². The first-order valence-electron chi connectivity index (χ1n) is 5.30. The number of H-pyrrole nitrogens is 1. The van der Waals surface area contributed by atoms with E-state index in [4.69, 9.17) is 0 Å². The topological polar surface area (TPSA) is 53.2 Å². The summed E-state index contributed by atoms with van der Waals surface area (Å²) in [4.78, 5) is 27.6. The molecule has 0 saturated carbocycles. The van der Waals surface area contributed by atoms with E-state index in [9.17, 15) is 9.59 Å². The van der Waals surface area contributed by atoms with Gasteiger partial charge in [0, 0.05) is 24.8 Å². The zero-order valence-corrected chi connectivity index (χ0v) is 9.90. The number of Topliss-reactive ketones (excluding diaryl/α,β-unsaturated/α-hetero) is 1. The van der Waals surface area contributed by atoms with Crippen molar-refractivity contribution in [2.45, 2.75) is 6.92 Å². The Bertz CT molecular complexity index is 436. The molecule has 0 bridgehead atoms. The molecule has 1 aromatic heterocycles. The van der Waals surface area contributed by atoms with Gasteiger partial charge in [0.15, 0.2) is 5.78 Å². The van der Waals surface area contributed by atoms with Crippen LogP contribution < -0.4 is 0 Å². The summed E-state index contributed by atoms with van der Waals surface area (Å²) in [5, 5.41) is 0. The van der Waals surface area contributed by atoms with Crippen molar-refractivity contribution in [3.8, 4) is 0 Å². The van der Waals surface area contributed by atoms with Crippen LogP contribution in [0.25, 0.3) is 0 Å². The molecule has 0 radical (unpaired) electrons. The first kappa shape index (κ1) is 13.0. The second-order valence-corrected chi connectivity index (χ2v) is 3.65. The average Bonchev–Trinajstić information content (AvgIpc) is 2.77. The molecule has 1 amide bonds. The fraction of sp³-hybridized carbons (Fsp3) is 0.231. The van der Waals surface area contributed by atoms with Gasteiger partial charge >= 0.3 is 0 Å². The maximum atomic E-state index is 12.0. The number of carbonyl (C=O) groups excluding carboxylic acids is 2. The zero-order chi connectivity index (χ0) is 12.8. The van der Waals surface area contributed by atoms with Gasteiger partial charge in [0.1, 0.15) is 5.69 Å². The molecule has 0 fully saturated rings. The number of nitrogens with one attached hydrogen (secondary N) is 1. The number of aromatic nitrogens is 1. The summed E-state index contributed by atoms with van der Waals surface area (Å²) in [7, 11) is 0. The fourth-order valence-corrected chi connectivity index (χ4v) is 1.44. The van der Waals surface area contributed by atoms with Crippen LogP contribution in [-0.4, -0.2) is 34.7 Å². The Morgan fingerprint density at radius 1 is 1.35 bits per heavy atom. The van der Waals surface area contributed by atoms with Crippen molar-refractivity contribution in [2.24, 2.45) is 0 Å². The molecule has 0 aromatic carbocycles. The van der Waals surface area contributed by atoms with E-state index in [0.717, 1.165) is 0 Å². The molecule has 0 aliphatic heterocycles. The Hall–Kier alpha value is -2.10. The third-order valence-electron chi connectivity index (χ3n) is 2.31. The Labute approximate surface area is 101 Å². The number of rotatable bonds is 6. The molecular formula is C13H16N2O2. The number of aromatic amines is 1. The van der Waals surface area contributed by atoms with E-state index in [2.05, 4.69) is 18.1 Å². The van der Waals surface area contributed by atoms with E-state index >= 15 is 0 Å². The van der Waals surface area contributed by atoms with Crippen molar-refractivity contribution in [3.63, 3.8) is 0 Å². The second-order valence-electron chi connectivity index (χ2n) is 3.65. The predicted molar refractivity (Wildman–Crippen MR) is 67.1 cm³/mol. The lowest BCUT2D eigenvalue weighted by atomic mass is 10.2. The van der Waals surface area contributed by atoms with Crippen LogP contribution in [0.5, 0.6) is 0 Å². The molecule has 1 rings (SSSR count). The van der Waals surface area contributed by atoms with E-state index in [0.29, 0.717) is 24.3 Å². The fourth-order valence-electron chi connectivity index (χ4n) is 1.44. The van der Waals surface area contributed by atoms with Crippen molar-refractivity contribution in [3.05, 3.63) is 48.8 Å². The van der Waals surface area contributed by atoms with E-state index in [1.165, 1.54) is 13.1 Å². The maximum absolute atomic E-state index is 12.0. The minimum Gasteiger partial charge on any atom is -0.356 e. The number of amides is 1. The van der Waals surface area contributed by atoms with E-state index in [1.807, 2.05) is 0 Å². The molecule has 0 aliphatic carbocycles. The molecule has 1 N–H and O–H groups in total. The van der Waals surface area contributed by atoms with E-state index in [-0.39, 0.29) is 11.7 Å². The van der Waals surface area contributed by atoms with Crippen LogP contribution >= 0.6 is 0 Å². The Morgan fingerprint density at radius 3 is 2.35 bits per heavy atom. The molecule has 0 saturated heterocycles. The molecular weight excluding hydrogens is 216 g/mol. The smallest absolute Gasteiger partial charge is 0.270 e. The Kier molecular flexibility index (Phi) is 4.46. The SMILES string of the molecule is C=CCN(CC=C)C(=O)c1cc(C(C)=O)c[nH]1. The van der Waals surface area contributed by atoms with Gasteiger partial charge in [-0.05, 0) is 13.0 Å². The first-order chi connectivity index (χ1) is 8.10. The average molecular weight is 232 g/mol. The van der Waals surface area contributed by atoms with Gasteiger partial charge in [0.05, 0.1) is 0 Å². The van der Waals surface area contributed by atoms with Crippen molar-refractivity contribution >= 4 is 11.7 Å². The molecule has 17 heavy (non-hydrogen) atoms. The molecule has 4 nitrogen and oxygen atoms in total. The summed E-state index contributed by atoms with van der Waals surface area (Å²) in [5.74, 6) is -0.239. The lowest BCUT2D eigenvalue weighted by molar-refractivity contribution is 0.0785. The van der Waals surface area contributed by atoms with Crippen molar-refractivity contribution in [1.82, 2.24) is 9.88 Å². The lowest BCUT2D eigenvalue weighted by Crippen LogP contribution is -2.31. The summed E-state index contributed by atoms with van der Waals surface area (Å²) in [5.41, 5.74) is 0.907. The van der Waals surface area contributed by atoms with Crippen molar-refractivity contribution < 1.29 is 9.59 Å². The summed E-state index contributed by atoms with van der Waals surface area (Å²) in [6, 6.07) is 1.56. The van der Waals surface area contributed by atoms with Gasteiger partial charge in [-0.3, -0.25) is 9.59 Å². The monoisotopic (exact) mass is 232 g/mol. The van der Waals surface area contributed by atoms with Gasteiger partial charge in [0.25, 0.3) is 5.91 Å². The van der Waals surface area contributed by atoms with Crippen molar-refractivity contribution in [2.75, 3.05) is 13.1 Å². The van der Waals surface area contributed by atoms with Crippen LogP contribution in [0.3, 0.4) is 0 Å². The molecule has 1 aromatic rings. The molecule has 90 valence electrons.